The zero-order valence-corrected chi connectivity index (χ0v) is 18.1. The third-order valence-corrected chi connectivity index (χ3v) is 5.22. The lowest BCUT2D eigenvalue weighted by Crippen LogP contribution is -2.40. The molecule has 0 saturated heterocycles. The molecule has 0 aliphatic heterocycles. The minimum Gasteiger partial charge on any atom is -0.480 e. The largest absolute Gasteiger partial charge is 0.480 e. The predicted molar refractivity (Wildman–Crippen MR) is 114 cm³/mol. The van der Waals surface area contributed by atoms with E-state index in [1.54, 1.807) is 0 Å². The van der Waals surface area contributed by atoms with Crippen LogP contribution >= 0.6 is 0 Å². The van der Waals surface area contributed by atoms with E-state index in [0.717, 1.165) is 19.3 Å². The molecule has 0 aliphatic carbocycles. The van der Waals surface area contributed by atoms with E-state index in [1.807, 2.05) is 6.92 Å². The third-order valence-electron chi connectivity index (χ3n) is 5.22. The third kappa shape index (κ3) is 18.1. The number of unbranched alkanes of at least 4 members (excludes halogenated alkanes) is 14. The predicted octanol–water partition coefficient (Wildman–Crippen LogP) is 6.62. The maximum atomic E-state index is 11.8. The molecule has 4 heteroatoms. The molecule has 1 unspecified atom stereocenters. The molecule has 2 N–H and O–H groups in total. The molecule has 0 saturated carbocycles. The molecule has 0 aliphatic rings. The molecule has 0 aromatic heterocycles. The summed E-state index contributed by atoms with van der Waals surface area (Å²) in [6.45, 7) is 4.19. The highest BCUT2D eigenvalue weighted by molar-refractivity contribution is 5.83. The van der Waals surface area contributed by atoms with E-state index < -0.39 is 12.0 Å². The molecule has 0 spiro atoms. The highest BCUT2D eigenvalue weighted by atomic mass is 16.4. The summed E-state index contributed by atoms with van der Waals surface area (Å²) in [5.41, 5.74) is 0. The summed E-state index contributed by atoms with van der Waals surface area (Å²) in [5.74, 6) is -1.05. The van der Waals surface area contributed by atoms with Gasteiger partial charge >= 0.3 is 5.97 Å². The van der Waals surface area contributed by atoms with E-state index in [1.165, 1.54) is 83.5 Å². The fourth-order valence-electron chi connectivity index (χ4n) is 3.47. The Morgan fingerprint density at radius 2 is 1.07 bits per heavy atom. The van der Waals surface area contributed by atoms with Gasteiger partial charge in [0.1, 0.15) is 6.04 Å². The van der Waals surface area contributed by atoms with Crippen molar-refractivity contribution < 1.29 is 14.7 Å². The number of hydrogen-bond donors (Lipinski definition) is 2. The normalized spacial score (nSPS) is 12.1. The Kier molecular flexibility index (Phi) is 18.9. The summed E-state index contributed by atoms with van der Waals surface area (Å²) in [6, 6.07) is -0.723. The summed E-state index contributed by atoms with van der Waals surface area (Å²) in [5, 5.41) is 11.7. The topological polar surface area (TPSA) is 66.4 Å². The van der Waals surface area contributed by atoms with Gasteiger partial charge in [-0.3, -0.25) is 4.79 Å². The number of aliphatic carboxylic acids is 1. The molecule has 1 amide bonds. The van der Waals surface area contributed by atoms with Gasteiger partial charge in [-0.2, -0.15) is 0 Å². The second-order valence-corrected chi connectivity index (χ2v) is 7.95. The van der Waals surface area contributed by atoms with Crippen molar-refractivity contribution in [1.82, 2.24) is 5.32 Å². The van der Waals surface area contributed by atoms with Crippen molar-refractivity contribution in [1.29, 1.82) is 0 Å². The Balaban J connectivity index is 3.33. The van der Waals surface area contributed by atoms with E-state index in [9.17, 15) is 9.59 Å². The second kappa shape index (κ2) is 19.7. The van der Waals surface area contributed by atoms with Crippen molar-refractivity contribution in [3.05, 3.63) is 0 Å². The van der Waals surface area contributed by atoms with Crippen LogP contribution in [0.3, 0.4) is 0 Å². The van der Waals surface area contributed by atoms with Crippen LogP contribution in [0.2, 0.25) is 0 Å². The Hall–Kier alpha value is -1.06. The smallest absolute Gasteiger partial charge is 0.326 e. The summed E-state index contributed by atoms with van der Waals surface area (Å²) in [4.78, 5) is 22.8. The van der Waals surface area contributed by atoms with Gasteiger partial charge in [0.25, 0.3) is 0 Å². The molecule has 0 rings (SSSR count). The zero-order valence-electron chi connectivity index (χ0n) is 18.1. The van der Waals surface area contributed by atoms with Crippen LogP contribution in [0.1, 0.15) is 129 Å². The van der Waals surface area contributed by atoms with Crippen LogP contribution in [0.15, 0.2) is 0 Å². The molecule has 0 bridgehead atoms. The van der Waals surface area contributed by atoms with Crippen molar-refractivity contribution in [2.45, 2.75) is 135 Å². The van der Waals surface area contributed by atoms with Crippen molar-refractivity contribution in [3.8, 4) is 0 Å². The number of carbonyl (C=O) groups excluding carboxylic acids is 1. The number of amides is 1. The van der Waals surface area contributed by atoms with E-state index in [-0.39, 0.29) is 5.91 Å². The minimum absolute atomic E-state index is 0.120. The first-order chi connectivity index (χ1) is 13.1. The fourth-order valence-corrected chi connectivity index (χ4v) is 3.47. The number of nitrogens with one attached hydrogen (secondary N) is 1. The zero-order chi connectivity index (χ0) is 20.2. The van der Waals surface area contributed by atoms with E-state index >= 15 is 0 Å². The van der Waals surface area contributed by atoms with Gasteiger partial charge in [0.15, 0.2) is 0 Å². The van der Waals surface area contributed by atoms with Crippen LogP contribution in [0.25, 0.3) is 0 Å². The standard InChI is InChI=1S/C23H45NO3/c1-3-5-6-7-8-9-10-11-12-13-14-15-16-17-18-20-22(25)24-21(19-4-2)23(26)27/h21H,3-20H2,1-2H3,(H,24,25)(H,26,27). The highest BCUT2D eigenvalue weighted by Gasteiger charge is 2.18. The fraction of sp³-hybridized carbons (Fsp3) is 0.913. The maximum Gasteiger partial charge on any atom is 0.326 e. The number of carboxylic acids is 1. The Morgan fingerprint density at radius 1 is 0.667 bits per heavy atom. The number of rotatable bonds is 20. The molecule has 0 radical (unpaired) electrons. The first kappa shape index (κ1) is 25.9. The van der Waals surface area contributed by atoms with Crippen LogP contribution in [-0.2, 0) is 9.59 Å². The summed E-state index contributed by atoms with van der Waals surface area (Å²) >= 11 is 0. The monoisotopic (exact) mass is 383 g/mol. The SMILES string of the molecule is CCCCCCCCCCCCCCCCCC(=O)NC(CCC)C(=O)O. The van der Waals surface area contributed by atoms with Crippen molar-refractivity contribution in [2.75, 3.05) is 0 Å². The molecule has 160 valence electrons. The number of hydrogen-bond acceptors (Lipinski definition) is 2. The molecule has 0 aromatic carbocycles. The second-order valence-electron chi connectivity index (χ2n) is 7.95. The number of carbonyl (C=O) groups is 2. The lowest BCUT2D eigenvalue weighted by Gasteiger charge is -2.13. The van der Waals surface area contributed by atoms with Gasteiger partial charge in [-0.25, -0.2) is 4.79 Å². The lowest BCUT2D eigenvalue weighted by molar-refractivity contribution is -0.142. The first-order valence-electron chi connectivity index (χ1n) is 11.6. The summed E-state index contributed by atoms with van der Waals surface area (Å²) in [7, 11) is 0. The van der Waals surface area contributed by atoms with Gasteiger partial charge in [0, 0.05) is 6.42 Å². The van der Waals surface area contributed by atoms with Crippen LogP contribution in [-0.4, -0.2) is 23.0 Å². The van der Waals surface area contributed by atoms with Gasteiger partial charge in [-0.15, -0.1) is 0 Å². The van der Waals surface area contributed by atoms with Crippen LogP contribution in [0.4, 0.5) is 0 Å². The molecule has 1 atom stereocenters. The van der Waals surface area contributed by atoms with Crippen molar-refractivity contribution in [3.63, 3.8) is 0 Å². The lowest BCUT2D eigenvalue weighted by atomic mass is 10.0. The average molecular weight is 384 g/mol. The summed E-state index contributed by atoms with van der Waals surface area (Å²) in [6.07, 6.45) is 21.3. The molecule has 27 heavy (non-hydrogen) atoms. The molecule has 0 fully saturated rings. The molecular formula is C23H45NO3. The van der Waals surface area contributed by atoms with E-state index in [0.29, 0.717) is 12.8 Å². The Bertz CT molecular complexity index is 358. The molecule has 4 nitrogen and oxygen atoms in total. The van der Waals surface area contributed by atoms with Gasteiger partial charge in [0.05, 0.1) is 0 Å². The van der Waals surface area contributed by atoms with Crippen LogP contribution < -0.4 is 5.32 Å². The Labute approximate surface area is 167 Å². The van der Waals surface area contributed by atoms with Gasteiger partial charge in [-0.1, -0.05) is 110 Å². The van der Waals surface area contributed by atoms with Crippen molar-refractivity contribution in [2.24, 2.45) is 0 Å². The average Bonchev–Trinajstić information content (AvgIpc) is 2.64. The first-order valence-corrected chi connectivity index (χ1v) is 11.6. The highest BCUT2D eigenvalue weighted by Crippen LogP contribution is 2.13. The minimum atomic E-state index is -0.929. The quantitative estimate of drug-likeness (QED) is 0.232. The van der Waals surface area contributed by atoms with Gasteiger partial charge in [-0.05, 0) is 12.8 Å². The molecule has 0 aromatic rings. The molecule has 0 heterocycles. The Morgan fingerprint density at radius 3 is 1.44 bits per heavy atom. The van der Waals surface area contributed by atoms with E-state index in [2.05, 4.69) is 12.2 Å². The molecular weight excluding hydrogens is 338 g/mol. The summed E-state index contributed by atoms with van der Waals surface area (Å²) < 4.78 is 0. The van der Waals surface area contributed by atoms with Crippen molar-refractivity contribution >= 4 is 11.9 Å². The maximum absolute atomic E-state index is 11.8. The van der Waals surface area contributed by atoms with Crippen LogP contribution in [0, 0.1) is 0 Å². The van der Waals surface area contributed by atoms with Gasteiger partial charge < -0.3 is 10.4 Å². The number of carboxylic acid groups (broad SMARTS) is 1. The van der Waals surface area contributed by atoms with E-state index in [4.69, 9.17) is 5.11 Å². The van der Waals surface area contributed by atoms with Crippen LogP contribution in [0.5, 0.6) is 0 Å². The van der Waals surface area contributed by atoms with Gasteiger partial charge in [0.2, 0.25) is 5.91 Å².